The lowest BCUT2D eigenvalue weighted by Crippen LogP contribution is -2.10. The summed E-state index contributed by atoms with van der Waals surface area (Å²) in [5.41, 5.74) is 2.73. The summed E-state index contributed by atoms with van der Waals surface area (Å²) >= 11 is 1.38. The molecule has 1 N–H and O–H groups in total. The number of carbonyl (C=O) groups excluding carboxylic acids is 1. The molecule has 0 saturated heterocycles. The van der Waals surface area contributed by atoms with Crippen LogP contribution in [-0.4, -0.2) is 15.7 Å². The predicted octanol–water partition coefficient (Wildman–Crippen LogP) is 5.05. The fourth-order valence-corrected chi connectivity index (χ4v) is 3.60. The molecule has 4 rings (SSSR count). The van der Waals surface area contributed by atoms with Crippen LogP contribution in [0, 0.1) is 5.82 Å². The van der Waals surface area contributed by atoms with Gasteiger partial charge in [0.15, 0.2) is 0 Å². The molecule has 2 aromatic heterocycles. The standard InChI is InChI=1S/C21H16FN3OS/c22-17-6-4-16(5-7-17)19-10-11-20(27-19)21(26)24-18-8-2-15(3-9-18)14-25-13-1-12-23-25/h1-13H,14H2,(H,24,26). The maximum atomic E-state index is 13.0. The van der Waals surface area contributed by atoms with Crippen molar-refractivity contribution in [3.63, 3.8) is 0 Å². The number of hydrogen-bond donors (Lipinski definition) is 1. The van der Waals surface area contributed by atoms with E-state index < -0.39 is 0 Å². The minimum atomic E-state index is -0.274. The number of aromatic nitrogens is 2. The first-order valence-electron chi connectivity index (χ1n) is 8.41. The molecule has 0 unspecified atom stereocenters. The van der Waals surface area contributed by atoms with Crippen LogP contribution in [-0.2, 0) is 6.54 Å². The van der Waals surface area contributed by atoms with Crippen LogP contribution in [0.5, 0.6) is 0 Å². The Balaban J connectivity index is 1.42. The number of hydrogen-bond acceptors (Lipinski definition) is 3. The zero-order valence-electron chi connectivity index (χ0n) is 14.3. The Morgan fingerprint density at radius 1 is 1.04 bits per heavy atom. The molecule has 0 bridgehead atoms. The number of halogens is 1. The van der Waals surface area contributed by atoms with Crippen LogP contribution in [0.25, 0.3) is 10.4 Å². The van der Waals surface area contributed by atoms with E-state index in [0.717, 1.165) is 21.7 Å². The molecular weight excluding hydrogens is 361 g/mol. The van der Waals surface area contributed by atoms with Gasteiger partial charge in [0.05, 0.1) is 11.4 Å². The van der Waals surface area contributed by atoms with E-state index >= 15 is 0 Å². The molecule has 4 aromatic rings. The molecule has 2 heterocycles. The molecule has 0 atom stereocenters. The van der Waals surface area contributed by atoms with E-state index in [2.05, 4.69) is 10.4 Å². The second-order valence-corrected chi connectivity index (χ2v) is 7.11. The van der Waals surface area contributed by atoms with Crippen LogP contribution in [0.3, 0.4) is 0 Å². The van der Waals surface area contributed by atoms with Gasteiger partial charge in [0.1, 0.15) is 5.82 Å². The van der Waals surface area contributed by atoms with Gasteiger partial charge in [0, 0.05) is 23.0 Å². The van der Waals surface area contributed by atoms with Gasteiger partial charge in [0.2, 0.25) is 0 Å². The third kappa shape index (κ3) is 4.12. The fourth-order valence-electron chi connectivity index (χ4n) is 2.70. The molecule has 0 aliphatic rings. The average Bonchev–Trinajstić information content (AvgIpc) is 3.36. The summed E-state index contributed by atoms with van der Waals surface area (Å²) in [5.74, 6) is -0.433. The molecule has 0 aliphatic heterocycles. The summed E-state index contributed by atoms with van der Waals surface area (Å²) in [5, 5.41) is 7.09. The quantitative estimate of drug-likeness (QED) is 0.529. The van der Waals surface area contributed by atoms with Gasteiger partial charge >= 0.3 is 0 Å². The molecule has 0 spiro atoms. The van der Waals surface area contributed by atoms with Gasteiger partial charge in [-0.2, -0.15) is 5.10 Å². The topological polar surface area (TPSA) is 46.9 Å². The second kappa shape index (κ2) is 7.55. The lowest BCUT2D eigenvalue weighted by atomic mass is 10.2. The van der Waals surface area contributed by atoms with Crippen LogP contribution in [0.2, 0.25) is 0 Å². The molecule has 27 heavy (non-hydrogen) atoms. The molecule has 1 amide bonds. The molecule has 2 aromatic carbocycles. The van der Waals surface area contributed by atoms with Crippen molar-refractivity contribution < 1.29 is 9.18 Å². The zero-order valence-corrected chi connectivity index (χ0v) is 15.1. The lowest BCUT2D eigenvalue weighted by Gasteiger charge is -2.06. The van der Waals surface area contributed by atoms with Gasteiger partial charge < -0.3 is 5.32 Å². The van der Waals surface area contributed by atoms with Gasteiger partial charge in [-0.25, -0.2) is 4.39 Å². The molecule has 4 nitrogen and oxygen atoms in total. The average molecular weight is 377 g/mol. The van der Waals surface area contributed by atoms with Crippen LogP contribution < -0.4 is 5.32 Å². The summed E-state index contributed by atoms with van der Waals surface area (Å²) in [6.45, 7) is 0.688. The Hall–Kier alpha value is -3.25. The minimum Gasteiger partial charge on any atom is -0.321 e. The monoisotopic (exact) mass is 377 g/mol. The van der Waals surface area contributed by atoms with Crippen molar-refractivity contribution >= 4 is 22.9 Å². The van der Waals surface area contributed by atoms with Crippen LogP contribution in [0.15, 0.2) is 79.1 Å². The van der Waals surface area contributed by atoms with Gasteiger partial charge in [-0.15, -0.1) is 11.3 Å². The Morgan fingerprint density at radius 3 is 2.52 bits per heavy atom. The van der Waals surface area contributed by atoms with Gasteiger partial charge in [-0.3, -0.25) is 9.48 Å². The van der Waals surface area contributed by atoms with E-state index in [0.29, 0.717) is 11.4 Å². The van der Waals surface area contributed by atoms with Gasteiger partial charge in [0.25, 0.3) is 5.91 Å². The van der Waals surface area contributed by atoms with E-state index in [1.807, 2.05) is 47.3 Å². The summed E-state index contributed by atoms with van der Waals surface area (Å²) in [6, 6.07) is 19.5. The van der Waals surface area contributed by atoms with Crippen molar-refractivity contribution in [3.8, 4) is 10.4 Å². The molecule has 0 aliphatic carbocycles. The van der Waals surface area contributed by atoms with Crippen molar-refractivity contribution in [1.82, 2.24) is 9.78 Å². The maximum Gasteiger partial charge on any atom is 0.265 e. The third-order valence-corrected chi connectivity index (χ3v) is 5.21. The Labute approximate surface area is 159 Å². The van der Waals surface area contributed by atoms with Crippen LogP contribution >= 0.6 is 11.3 Å². The highest BCUT2D eigenvalue weighted by Gasteiger charge is 2.11. The highest BCUT2D eigenvalue weighted by atomic mass is 32.1. The molecule has 0 fully saturated rings. The molecule has 134 valence electrons. The van der Waals surface area contributed by atoms with Crippen molar-refractivity contribution in [2.24, 2.45) is 0 Å². The summed E-state index contributed by atoms with van der Waals surface area (Å²) in [7, 11) is 0. The maximum absolute atomic E-state index is 13.0. The Bertz CT molecular complexity index is 1040. The van der Waals surface area contributed by atoms with Crippen LogP contribution in [0.1, 0.15) is 15.2 Å². The molecule has 6 heteroatoms. The SMILES string of the molecule is O=C(Nc1ccc(Cn2cccn2)cc1)c1ccc(-c2ccc(F)cc2)s1. The number of benzene rings is 2. The van der Waals surface area contributed by atoms with Gasteiger partial charge in [-0.1, -0.05) is 24.3 Å². The highest BCUT2D eigenvalue weighted by molar-refractivity contribution is 7.17. The predicted molar refractivity (Wildman–Crippen MR) is 105 cm³/mol. The van der Waals surface area contributed by atoms with E-state index in [9.17, 15) is 9.18 Å². The number of rotatable bonds is 5. The number of amides is 1. The number of nitrogens with one attached hydrogen (secondary N) is 1. The summed E-state index contributed by atoms with van der Waals surface area (Å²) < 4.78 is 14.9. The molecule has 0 saturated carbocycles. The number of anilines is 1. The lowest BCUT2D eigenvalue weighted by molar-refractivity contribution is 0.103. The summed E-state index contributed by atoms with van der Waals surface area (Å²) in [4.78, 5) is 14.0. The highest BCUT2D eigenvalue weighted by Crippen LogP contribution is 2.28. The normalized spacial score (nSPS) is 10.7. The third-order valence-electron chi connectivity index (χ3n) is 4.07. The summed E-state index contributed by atoms with van der Waals surface area (Å²) in [6.07, 6.45) is 3.65. The molecule has 0 radical (unpaired) electrons. The van der Waals surface area contributed by atoms with Crippen molar-refractivity contribution in [2.45, 2.75) is 6.54 Å². The number of carbonyl (C=O) groups is 1. The minimum absolute atomic E-state index is 0.159. The van der Waals surface area contributed by atoms with E-state index in [1.165, 1.54) is 23.5 Å². The largest absolute Gasteiger partial charge is 0.321 e. The number of thiophene rings is 1. The van der Waals surface area contributed by atoms with E-state index in [-0.39, 0.29) is 11.7 Å². The van der Waals surface area contributed by atoms with Gasteiger partial charge in [-0.05, 0) is 53.6 Å². The van der Waals surface area contributed by atoms with Crippen molar-refractivity contribution in [1.29, 1.82) is 0 Å². The zero-order chi connectivity index (χ0) is 18.6. The fraction of sp³-hybridized carbons (Fsp3) is 0.0476. The molecular formula is C21H16FN3OS. The first-order chi connectivity index (χ1) is 13.2. The number of nitrogens with zero attached hydrogens (tertiary/aromatic N) is 2. The van der Waals surface area contributed by atoms with Crippen molar-refractivity contribution in [2.75, 3.05) is 5.32 Å². The second-order valence-electron chi connectivity index (χ2n) is 6.03. The Morgan fingerprint density at radius 2 is 1.81 bits per heavy atom. The van der Waals surface area contributed by atoms with Crippen LogP contribution in [0.4, 0.5) is 10.1 Å². The smallest absolute Gasteiger partial charge is 0.265 e. The van der Waals surface area contributed by atoms with E-state index in [4.69, 9.17) is 0 Å². The first-order valence-corrected chi connectivity index (χ1v) is 9.22. The van der Waals surface area contributed by atoms with Crippen molar-refractivity contribution in [3.05, 3.63) is 95.4 Å². The van der Waals surface area contributed by atoms with E-state index in [1.54, 1.807) is 24.4 Å². The Kier molecular flexibility index (Phi) is 4.80. The first kappa shape index (κ1) is 17.2.